The number of hydrogen-bond acceptors (Lipinski definition) is 10. The molecule has 0 bridgehead atoms. The largest absolute Gasteiger partial charge is 0.457 e. The molecule has 55 heavy (non-hydrogen) atoms. The summed E-state index contributed by atoms with van der Waals surface area (Å²) in [5.41, 5.74) is 11.0. The second kappa shape index (κ2) is 14.0. The van der Waals surface area contributed by atoms with Gasteiger partial charge in [-0.15, -0.1) is 0 Å². The second-order valence-electron chi connectivity index (χ2n) is 14.4. The summed E-state index contributed by atoms with van der Waals surface area (Å²) in [5.74, 6) is 0.882. The molecular formula is C40H40N10O5. The second-order valence-corrected chi connectivity index (χ2v) is 14.4. The molecule has 6 heterocycles. The average Bonchev–Trinajstić information content (AvgIpc) is 3.77. The number of ether oxygens (including phenoxy) is 1. The highest BCUT2D eigenvalue weighted by atomic mass is 16.5. The van der Waals surface area contributed by atoms with Crippen molar-refractivity contribution < 1.29 is 23.9 Å². The molecule has 3 fully saturated rings. The van der Waals surface area contributed by atoms with Crippen LogP contribution in [0.3, 0.4) is 0 Å². The van der Waals surface area contributed by atoms with E-state index in [9.17, 15) is 19.2 Å². The SMILES string of the molecule is Nc1ncnc2c1c(-c1ccc(Oc3ccccc3)cc1)nn2C1CCCN(C(=O)N2CCN(c3ccc4c(c3)CN(C3CCC(=O)NC3=O)C4=O)CC2)C1. The molecule has 9 rings (SSSR count). The topological polar surface area (TPSA) is 172 Å². The first-order chi connectivity index (χ1) is 26.8. The van der Waals surface area contributed by atoms with Crippen LogP contribution in [0.4, 0.5) is 16.3 Å². The molecule has 15 nitrogen and oxygen atoms in total. The Morgan fingerprint density at radius 2 is 1.64 bits per heavy atom. The van der Waals surface area contributed by atoms with E-state index >= 15 is 0 Å². The number of carbonyl (C=O) groups excluding carboxylic acids is 4. The molecule has 3 aromatic carbocycles. The third-order valence-electron chi connectivity index (χ3n) is 11.1. The van der Waals surface area contributed by atoms with Crippen molar-refractivity contribution in [3.05, 3.63) is 90.3 Å². The molecule has 0 spiro atoms. The van der Waals surface area contributed by atoms with Gasteiger partial charge in [0.05, 0.1) is 11.4 Å². The number of para-hydroxylation sites is 1. The Morgan fingerprint density at radius 1 is 0.855 bits per heavy atom. The van der Waals surface area contributed by atoms with Crippen LogP contribution in [0.15, 0.2) is 79.1 Å². The van der Waals surface area contributed by atoms with Crippen molar-refractivity contribution in [2.45, 2.75) is 44.3 Å². The van der Waals surface area contributed by atoms with Crippen LogP contribution in [0, 0.1) is 0 Å². The van der Waals surface area contributed by atoms with Crippen LogP contribution >= 0.6 is 0 Å². The molecule has 3 saturated heterocycles. The Hall–Kier alpha value is -6.51. The van der Waals surface area contributed by atoms with E-state index in [-0.39, 0.29) is 30.3 Å². The van der Waals surface area contributed by atoms with Crippen LogP contribution in [-0.4, -0.2) is 104 Å². The number of hydrogen-bond donors (Lipinski definition) is 2. The maximum Gasteiger partial charge on any atom is 0.320 e. The van der Waals surface area contributed by atoms with Gasteiger partial charge in [-0.05, 0) is 79.4 Å². The van der Waals surface area contributed by atoms with Gasteiger partial charge in [0, 0.05) is 69.0 Å². The zero-order chi connectivity index (χ0) is 37.6. The van der Waals surface area contributed by atoms with Crippen molar-refractivity contribution in [3.63, 3.8) is 0 Å². The minimum absolute atomic E-state index is 0.00334. The van der Waals surface area contributed by atoms with Crippen LogP contribution < -0.4 is 20.7 Å². The van der Waals surface area contributed by atoms with Gasteiger partial charge in [0.2, 0.25) is 11.8 Å². The minimum atomic E-state index is -0.649. The number of nitrogen functional groups attached to an aromatic ring is 1. The fraction of sp³-hybridized carbons (Fsp3) is 0.325. The molecule has 2 atom stereocenters. The van der Waals surface area contributed by atoms with Gasteiger partial charge in [-0.3, -0.25) is 19.7 Å². The van der Waals surface area contributed by atoms with E-state index in [2.05, 4.69) is 20.2 Å². The van der Waals surface area contributed by atoms with Gasteiger partial charge >= 0.3 is 6.03 Å². The van der Waals surface area contributed by atoms with E-state index in [1.54, 1.807) is 4.90 Å². The number of benzene rings is 3. The lowest BCUT2D eigenvalue weighted by atomic mass is 10.0. The molecule has 280 valence electrons. The van der Waals surface area contributed by atoms with E-state index in [0.29, 0.717) is 86.1 Å². The average molecular weight is 741 g/mol. The van der Waals surface area contributed by atoms with Crippen molar-refractivity contribution in [1.29, 1.82) is 0 Å². The number of carbonyl (C=O) groups is 4. The van der Waals surface area contributed by atoms with Crippen molar-refractivity contribution in [2.75, 3.05) is 49.9 Å². The number of nitrogens with two attached hydrogens (primary N) is 1. The molecule has 0 radical (unpaired) electrons. The summed E-state index contributed by atoms with van der Waals surface area (Å²) >= 11 is 0. The molecule has 0 aliphatic carbocycles. The van der Waals surface area contributed by atoms with Crippen LogP contribution in [-0.2, 0) is 16.1 Å². The van der Waals surface area contributed by atoms with Gasteiger partial charge in [0.25, 0.3) is 5.91 Å². The fourth-order valence-corrected chi connectivity index (χ4v) is 8.20. The van der Waals surface area contributed by atoms with Crippen molar-refractivity contribution >= 4 is 46.3 Å². The molecule has 4 aliphatic rings. The maximum absolute atomic E-state index is 14.0. The Morgan fingerprint density at radius 3 is 2.42 bits per heavy atom. The molecule has 3 N–H and O–H groups in total. The van der Waals surface area contributed by atoms with Crippen LogP contribution in [0.2, 0.25) is 0 Å². The Kier molecular flexibility index (Phi) is 8.75. The summed E-state index contributed by atoms with van der Waals surface area (Å²) < 4.78 is 7.90. The zero-order valence-corrected chi connectivity index (χ0v) is 30.1. The van der Waals surface area contributed by atoms with Gasteiger partial charge in [-0.1, -0.05) is 18.2 Å². The number of likely N-dealkylation sites (tertiary alicyclic amines) is 1. The van der Waals surface area contributed by atoms with E-state index < -0.39 is 11.9 Å². The number of fused-ring (bicyclic) bond motifs is 2. The van der Waals surface area contributed by atoms with Crippen LogP contribution in [0.5, 0.6) is 11.5 Å². The van der Waals surface area contributed by atoms with Gasteiger partial charge in [-0.2, -0.15) is 5.10 Å². The molecule has 4 aliphatic heterocycles. The monoisotopic (exact) mass is 740 g/mol. The number of nitrogens with one attached hydrogen (secondary N) is 1. The molecule has 5 aromatic rings. The predicted molar refractivity (Wildman–Crippen MR) is 203 cm³/mol. The summed E-state index contributed by atoms with van der Waals surface area (Å²) in [4.78, 5) is 67.8. The molecule has 5 amide bonds. The number of imide groups is 1. The van der Waals surface area contributed by atoms with Crippen molar-refractivity contribution in [1.82, 2.24) is 39.8 Å². The first-order valence-electron chi connectivity index (χ1n) is 18.7. The number of aromatic nitrogens is 4. The van der Waals surface area contributed by atoms with E-state index in [0.717, 1.165) is 35.4 Å². The summed E-state index contributed by atoms with van der Waals surface area (Å²) in [5, 5.41) is 8.09. The molecule has 0 saturated carbocycles. The molecule has 2 aromatic heterocycles. The smallest absolute Gasteiger partial charge is 0.320 e. The zero-order valence-electron chi connectivity index (χ0n) is 30.1. The number of piperidine rings is 2. The predicted octanol–water partition coefficient (Wildman–Crippen LogP) is 4.21. The summed E-state index contributed by atoms with van der Waals surface area (Å²) in [7, 11) is 0. The first-order valence-corrected chi connectivity index (χ1v) is 18.7. The summed E-state index contributed by atoms with van der Waals surface area (Å²) in [6.45, 7) is 3.87. The Labute approximate surface area is 316 Å². The highest BCUT2D eigenvalue weighted by molar-refractivity contribution is 6.05. The molecular weight excluding hydrogens is 701 g/mol. The lowest BCUT2D eigenvalue weighted by molar-refractivity contribution is -0.136. The molecule has 2 unspecified atom stereocenters. The van der Waals surface area contributed by atoms with Gasteiger partial charge in [-0.25, -0.2) is 19.4 Å². The number of amides is 5. The Balaban J connectivity index is 0.859. The number of anilines is 2. The normalized spacial score (nSPS) is 20.2. The summed E-state index contributed by atoms with van der Waals surface area (Å²) in [6.07, 6.45) is 3.66. The highest BCUT2D eigenvalue weighted by Gasteiger charge is 2.39. The lowest BCUT2D eigenvalue weighted by Crippen LogP contribution is -2.54. The lowest BCUT2D eigenvalue weighted by Gasteiger charge is -2.40. The number of rotatable bonds is 6. The Bertz CT molecular complexity index is 2300. The van der Waals surface area contributed by atoms with E-state index in [4.69, 9.17) is 15.6 Å². The van der Waals surface area contributed by atoms with Gasteiger partial charge in [0.1, 0.15) is 35.4 Å². The van der Waals surface area contributed by atoms with Crippen molar-refractivity contribution in [2.24, 2.45) is 0 Å². The van der Waals surface area contributed by atoms with Crippen LogP contribution in [0.25, 0.3) is 22.3 Å². The van der Waals surface area contributed by atoms with E-state index in [1.165, 1.54) is 6.33 Å². The quantitative estimate of drug-likeness (QED) is 0.240. The number of piperazine rings is 1. The maximum atomic E-state index is 14.0. The van der Waals surface area contributed by atoms with Crippen LogP contribution in [0.1, 0.15) is 47.6 Å². The summed E-state index contributed by atoms with van der Waals surface area (Å²) in [6, 6.07) is 22.3. The van der Waals surface area contributed by atoms with Crippen molar-refractivity contribution in [3.8, 4) is 22.8 Å². The van der Waals surface area contributed by atoms with Gasteiger partial charge in [0.15, 0.2) is 5.65 Å². The highest BCUT2D eigenvalue weighted by Crippen LogP contribution is 2.36. The third kappa shape index (κ3) is 6.44. The van der Waals surface area contributed by atoms with Gasteiger partial charge < -0.3 is 30.1 Å². The number of urea groups is 1. The molecule has 15 heteroatoms. The minimum Gasteiger partial charge on any atom is -0.457 e. The number of nitrogens with zero attached hydrogens (tertiary/aromatic N) is 8. The first kappa shape index (κ1) is 34.3. The standard InChI is InChI=1S/C40H40N10O5/c41-36-34-35(25-8-11-30(12-9-25)55-29-6-2-1-3-7-29)45-50(37(34)43-24-42-36)28-5-4-16-48(23-28)40(54)47-19-17-46(18-20-47)27-10-13-31-26(21-27)22-49(39(31)53)32-14-15-33(51)44-38(32)52/h1-3,6-13,21,24,28,32H,4-5,14-20,22-23H2,(H2,41,42,43)(H,44,51,52). The third-order valence-corrected chi connectivity index (χ3v) is 11.1. The fourth-order valence-electron chi connectivity index (χ4n) is 8.20. The van der Waals surface area contributed by atoms with E-state index in [1.807, 2.05) is 87.3 Å².